The minimum Gasteiger partial charge on any atom is -0.494 e. The Bertz CT molecular complexity index is 722. The summed E-state index contributed by atoms with van der Waals surface area (Å²) in [5.74, 6) is 0.334. The van der Waals surface area contributed by atoms with Crippen LogP contribution in [0.15, 0.2) is 36.4 Å². The highest BCUT2D eigenvalue weighted by Gasteiger charge is 2.23. The van der Waals surface area contributed by atoms with Gasteiger partial charge in [-0.1, -0.05) is 24.3 Å². The number of aliphatic carboxylic acids is 1. The van der Waals surface area contributed by atoms with Crippen LogP contribution in [-0.4, -0.2) is 23.8 Å². The predicted molar refractivity (Wildman–Crippen MR) is 94.0 cm³/mol. The lowest BCUT2D eigenvalue weighted by Crippen LogP contribution is -2.30. The van der Waals surface area contributed by atoms with E-state index in [1.807, 2.05) is 58.0 Å². The SMILES string of the molecule is CCOc1ccccc1C[C@H](Oc1cc(C)cc(C)c1C)C(=O)O. The molecule has 24 heavy (non-hydrogen) atoms. The van der Waals surface area contributed by atoms with E-state index in [0.717, 1.165) is 22.3 Å². The lowest BCUT2D eigenvalue weighted by atomic mass is 10.0. The second-order valence-corrected chi connectivity index (χ2v) is 5.89. The first-order valence-electron chi connectivity index (χ1n) is 8.10. The Morgan fingerprint density at radius 3 is 2.50 bits per heavy atom. The number of rotatable bonds is 7. The van der Waals surface area contributed by atoms with Crippen molar-refractivity contribution in [3.63, 3.8) is 0 Å². The van der Waals surface area contributed by atoms with Crippen LogP contribution in [-0.2, 0) is 11.2 Å². The Hall–Kier alpha value is -2.49. The fourth-order valence-corrected chi connectivity index (χ4v) is 2.62. The Balaban J connectivity index is 2.27. The Morgan fingerprint density at radius 2 is 1.83 bits per heavy atom. The first-order chi connectivity index (χ1) is 11.4. The molecule has 0 aliphatic rings. The summed E-state index contributed by atoms with van der Waals surface area (Å²) < 4.78 is 11.4. The number of aryl methyl sites for hydroxylation is 2. The van der Waals surface area contributed by atoms with E-state index in [1.54, 1.807) is 0 Å². The molecule has 0 heterocycles. The van der Waals surface area contributed by atoms with Gasteiger partial charge >= 0.3 is 5.97 Å². The lowest BCUT2D eigenvalue weighted by molar-refractivity contribution is -0.145. The summed E-state index contributed by atoms with van der Waals surface area (Å²) in [6.07, 6.45) is -0.718. The molecular weight excluding hydrogens is 304 g/mol. The maximum absolute atomic E-state index is 11.7. The van der Waals surface area contributed by atoms with Gasteiger partial charge in [0.05, 0.1) is 6.61 Å². The van der Waals surface area contributed by atoms with E-state index >= 15 is 0 Å². The number of carbonyl (C=O) groups is 1. The largest absolute Gasteiger partial charge is 0.494 e. The monoisotopic (exact) mass is 328 g/mol. The molecule has 0 bridgehead atoms. The topological polar surface area (TPSA) is 55.8 Å². The molecule has 0 aliphatic carbocycles. The number of ether oxygens (including phenoxy) is 2. The lowest BCUT2D eigenvalue weighted by Gasteiger charge is -2.19. The highest BCUT2D eigenvalue weighted by atomic mass is 16.5. The summed E-state index contributed by atoms with van der Waals surface area (Å²) in [5.41, 5.74) is 3.93. The zero-order valence-electron chi connectivity index (χ0n) is 14.6. The summed E-state index contributed by atoms with van der Waals surface area (Å²) in [5, 5.41) is 9.58. The van der Waals surface area contributed by atoms with Crippen molar-refractivity contribution in [2.45, 2.75) is 40.2 Å². The molecule has 1 atom stereocenters. The van der Waals surface area contributed by atoms with E-state index in [-0.39, 0.29) is 6.42 Å². The van der Waals surface area contributed by atoms with Crippen LogP contribution in [0.25, 0.3) is 0 Å². The molecule has 0 amide bonds. The molecule has 2 rings (SSSR count). The van der Waals surface area contributed by atoms with Crippen molar-refractivity contribution in [3.8, 4) is 11.5 Å². The van der Waals surface area contributed by atoms with E-state index in [1.165, 1.54) is 0 Å². The van der Waals surface area contributed by atoms with Crippen LogP contribution in [0, 0.1) is 20.8 Å². The second kappa shape index (κ2) is 7.86. The molecule has 4 nitrogen and oxygen atoms in total. The van der Waals surface area contributed by atoms with E-state index < -0.39 is 12.1 Å². The smallest absolute Gasteiger partial charge is 0.345 e. The van der Waals surface area contributed by atoms with Crippen molar-refractivity contribution in [2.24, 2.45) is 0 Å². The molecule has 0 unspecified atom stereocenters. The Kier molecular flexibility index (Phi) is 5.85. The summed E-state index contributed by atoms with van der Waals surface area (Å²) in [6.45, 7) is 8.35. The summed E-state index contributed by atoms with van der Waals surface area (Å²) >= 11 is 0. The van der Waals surface area contributed by atoms with Crippen molar-refractivity contribution in [3.05, 3.63) is 58.7 Å². The van der Waals surface area contributed by atoms with Crippen molar-refractivity contribution < 1.29 is 19.4 Å². The predicted octanol–water partition coefficient (Wildman–Crippen LogP) is 4.09. The van der Waals surface area contributed by atoms with Gasteiger partial charge in [-0.3, -0.25) is 0 Å². The summed E-state index contributed by atoms with van der Waals surface area (Å²) in [6, 6.07) is 11.4. The number of hydrogen-bond acceptors (Lipinski definition) is 3. The van der Waals surface area contributed by atoms with Crippen molar-refractivity contribution in [1.29, 1.82) is 0 Å². The number of carboxylic acid groups (broad SMARTS) is 1. The third kappa shape index (κ3) is 4.28. The van der Waals surface area contributed by atoms with Gasteiger partial charge in [0.1, 0.15) is 11.5 Å². The van der Waals surface area contributed by atoms with Crippen molar-refractivity contribution >= 4 is 5.97 Å². The van der Waals surface area contributed by atoms with E-state index in [2.05, 4.69) is 6.07 Å². The minimum atomic E-state index is -0.986. The average molecular weight is 328 g/mol. The molecule has 4 heteroatoms. The van der Waals surface area contributed by atoms with Crippen LogP contribution < -0.4 is 9.47 Å². The molecule has 0 aromatic heterocycles. The van der Waals surface area contributed by atoms with Crippen LogP contribution in [0.5, 0.6) is 11.5 Å². The molecule has 2 aromatic rings. The molecule has 128 valence electrons. The maximum atomic E-state index is 11.7. The fourth-order valence-electron chi connectivity index (χ4n) is 2.62. The Labute approximate surface area is 143 Å². The fraction of sp³-hybridized carbons (Fsp3) is 0.350. The third-order valence-electron chi connectivity index (χ3n) is 3.99. The molecular formula is C20H24O4. The molecule has 0 fully saturated rings. The van der Waals surface area contributed by atoms with Crippen molar-refractivity contribution in [2.75, 3.05) is 6.61 Å². The quantitative estimate of drug-likeness (QED) is 0.832. The van der Waals surface area contributed by atoms with Crippen molar-refractivity contribution in [1.82, 2.24) is 0 Å². The van der Waals surface area contributed by atoms with Crippen LogP contribution >= 0.6 is 0 Å². The van der Waals surface area contributed by atoms with Gasteiger partial charge in [-0.2, -0.15) is 0 Å². The minimum absolute atomic E-state index is 0.248. The number of carboxylic acids is 1. The average Bonchev–Trinajstić information content (AvgIpc) is 2.53. The second-order valence-electron chi connectivity index (χ2n) is 5.89. The van der Waals surface area contributed by atoms with E-state index in [4.69, 9.17) is 9.47 Å². The number of benzene rings is 2. The zero-order valence-corrected chi connectivity index (χ0v) is 14.6. The summed E-state index contributed by atoms with van der Waals surface area (Å²) in [4.78, 5) is 11.7. The van der Waals surface area contributed by atoms with Gasteiger partial charge in [0, 0.05) is 6.42 Å². The highest BCUT2D eigenvalue weighted by Crippen LogP contribution is 2.26. The molecule has 1 N–H and O–H groups in total. The standard InChI is InChI=1S/C20H24O4/c1-5-23-17-9-7-6-8-16(17)12-19(20(21)22)24-18-11-13(2)10-14(3)15(18)4/h6-11,19H,5,12H2,1-4H3,(H,21,22)/t19-/m0/s1. The van der Waals surface area contributed by atoms with Crippen LogP contribution in [0.1, 0.15) is 29.2 Å². The van der Waals surface area contributed by atoms with Gasteiger partial charge in [-0.05, 0) is 62.1 Å². The molecule has 0 saturated carbocycles. The summed E-state index contributed by atoms with van der Waals surface area (Å²) in [7, 11) is 0. The zero-order chi connectivity index (χ0) is 17.7. The Morgan fingerprint density at radius 1 is 1.12 bits per heavy atom. The molecule has 0 aliphatic heterocycles. The van der Waals surface area contributed by atoms with Gasteiger partial charge in [-0.25, -0.2) is 4.79 Å². The van der Waals surface area contributed by atoms with Gasteiger partial charge in [-0.15, -0.1) is 0 Å². The van der Waals surface area contributed by atoms with Gasteiger partial charge in [0.2, 0.25) is 0 Å². The van der Waals surface area contributed by atoms with E-state index in [9.17, 15) is 9.90 Å². The maximum Gasteiger partial charge on any atom is 0.345 e. The number of hydrogen-bond donors (Lipinski definition) is 1. The first-order valence-corrected chi connectivity index (χ1v) is 8.10. The molecule has 0 spiro atoms. The van der Waals surface area contributed by atoms with Crippen LogP contribution in [0.4, 0.5) is 0 Å². The van der Waals surface area contributed by atoms with Gasteiger partial charge < -0.3 is 14.6 Å². The highest BCUT2D eigenvalue weighted by molar-refractivity contribution is 5.73. The van der Waals surface area contributed by atoms with Crippen LogP contribution in [0.3, 0.4) is 0 Å². The molecule has 0 radical (unpaired) electrons. The van der Waals surface area contributed by atoms with Gasteiger partial charge in [0.15, 0.2) is 6.10 Å². The third-order valence-corrected chi connectivity index (χ3v) is 3.99. The number of para-hydroxylation sites is 1. The molecule has 0 saturated heterocycles. The van der Waals surface area contributed by atoms with E-state index in [0.29, 0.717) is 18.1 Å². The normalized spacial score (nSPS) is 11.8. The van der Waals surface area contributed by atoms with Crippen LogP contribution in [0.2, 0.25) is 0 Å². The first kappa shape index (κ1) is 17.9. The molecule has 2 aromatic carbocycles. The van der Waals surface area contributed by atoms with Gasteiger partial charge in [0.25, 0.3) is 0 Å².